The van der Waals surface area contributed by atoms with Crippen LogP contribution in [0.25, 0.3) is 0 Å². The highest BCUT2D eigenvalue weighted by Gasteiger charge is 2.13. The number of rotatable bonds is 2. The maximum Gasteiger partial charge on any atom is 0.267 e. The smallest absolute Gasteiger partial charge is 0.267 e. The summed E-state index contributed by atoms with van der Waals surface area (Å²) in [4.78, 5) is 3.62. The lowest BCUT2D eigenvalue weighted by atomic mass is 10.2. The minimum Gasteiger partial charge on any atom is -0.506 e. The van der Waals surface area contributed by atoms with Crippen LogP contribution in [-0.4, -0.2) is 10.1 Å². The van der Waals surface area contributed by atoms with E-state index in [4.69, 9.17) is 16.7 Å². The molecule has 0 aromatic carbocycles. The van der Waals surface area contributed by atoms with Gasteiger partial charge in [-0.05, 0) is 6.07 Å². The van der Waals surface area contributed by atoms with E-state index in [1.807, 2.05) is 0 Å². The molecule has 0 amide bonds. The molecule has 0 atom stereocenters. The second kappa shape index (κ2) is 3.67. The molecular weight excluding hydrogens is 188 g/mol. The van der Waals surface area contributed by atoms with E-state index in [2.05, 4.69) is 4.98 Å². The van der Waals surface area contributed by atoms with Gasteiger partial charge < -0.3 is 5.11 Å². The lowest BCUT2D eigenvalue weighted by molar-refractivity contribution is 0.147. The molecule has 0 spiro atoms. The lowest BCUT2D eigenvalue weighted by Crippen LogP contribution is -1.91. The van der Waals surface area contributed by atoms with Gasteiger partial charge in [-0.1, -0.05) is 0 Å². The van der Waals surface area contributed by atoms with Crippen LogP contribution in [0.4, 0.5) is 8.78 Å². The van der Waals surface area contributed by atoms with Crippen molar-refractivity contribution in [3.8, 4) is 5.75 Å². The van der Waals surface area contributed by atoms with Crippen molar-refractivity contribution >= 4 is 11.6 Å². The molecule has 0 aliphatic rings. The van der Waals surface area contributed by atoms with Crippen molar-refractivity contribution in [2.24, 2.45) is 0 Å². The maximum atomic E-state index is 12.1. The summed E-state index contributed by atoms with van der Waals surface area (Å²) in [6.07, 6.45) is -1.73. The Kier molecular flexibility index (Phi) is 2.81. The standard InChI is InChI=1S/C7H6ClF2NO/c8-2-4-1-5(7(9)10)6(12)3-11-4/h1,3,7,12H,2H2. The van der Waals surface area contributed by atoms with E-state index in [-0.39, 0.29) is 5.88 Å². The predicted octanol–water partition coefficient (Wildman–Crippen LogP) is 2.46. The molecule has 0 unspecified atom stereocenters. The molecule has 0 saturated carbocycles. The summed E-state index contributed by atoms with van der Waals surface area (Å²) in [7, 11) is 0. The van der Waals surface area contributed by atoms with Crippen LogP contribution in [0, 0.1) is 0 Å². The van der Waals surface area contributed by atoms with Gasteiger partial charge in [0, 0.05) is 0 Å². The first-order valence-corrected chi connectivity index (χ1v) is 3.70. The van der Waals surface area contributed by atoms with E-state index in [9.17, 15) is 8.78 Å². The quantitative estimate of drug-likeness (QED) is 0.732. The highest BCUT2D eigenvalue weighted by molar-refractivity contribution is 6.16. The van der Waals surface area contributed by atoms with Gasteiger partial charge >= 0.3 is 0 Å². The Morgan fingerprint density at radius 2 is 2.25 bits per heavy atom. The van der Waals surface area contributed by atoms with Gasteiger partial charge in [0.05, 0.1) is 23.3 Å². The molecule has 0 aliphatic heterocycles. The van der Waals surface area contributed by atoms with Crippen molar-refractivity contribution in [1.29, 1.82) is 0 Å². The zero-order valence-electron chi connectivity index (χ0n) is 5.97. The SMILES string of the molecule is Oc1cnc(CCl)cc1C(F)F. The van der Waals surface area contributed by atoms with Crippen LogP contribution in [-0.2, 0) is 5.88 Å². The average molecular weight is 194 g/mol. The van der Waals surface area contributed by atoms with Gasteiger partial charge in [0.2, 0.25) is 0 Å². The summed E-state index contributed by atoms with van der Waals surface area (Å²) in [5.74, 6) is -0.445. The molecule has 0 bridgehead atoms. The van der Waals surface area contributed by atoms with Crippen LogP contribution in [0.2, 0.25) is 0 Å². The van der Waals surface area contributed by atoms with Crippen LogP contribution in [0.3, 0.4) is 0 Å². The fourth-order valence-electron chi connectivity index (χ4n) is 0.757. The second-order valence-corrected chi connectivity index (χ2v) is 2.44. The molecule has 0 radical (unpaired) electrons. The third-order valence-corrected chi connectivity index (χ3v) is 1.62. The number of nitrogens with zero attached hydrogens (tertiary/aromatic N) is 1. The molecule has 0 saturated heterocycles. The van der Waals surface area contributed by atoms with Crippen molar-refractivity contribution in [2.75, 3.05) is 0 Å². The summed E-state index contributed by atoms with van der Waals surface area (Å²) < 4.78 is 24.2. The first kappa shape index (κ1) is 9.19. The Morgan fingerprint density at radius 3 is 2.75 bits per heavy atom. The molecule has 1 aromatic heterocycles. The molecule has 1 N–H and O–H groups in total. The van der Waals surface area contributed by atoms with Crippen molar-refractivity contribution in [3.05, 3.63) is 23.5 Å². The van der Waals surface area contributed by atoms with Gasteiger partial charge in [-0.3, -0.25) is 4.98 Å². The first-order chi connectivity index (χ1) is 5.65. The summed E-state index contributed by atoms with van der Waals surface area (Å²) >= 11 is 5.37. The summed E-state index contributed by atoms with van der Waals surface area (Å²) in [6, 6.07) is 1.09. The molecule has 1 heterocycles. The number of hydrogen-bond acceptors (Lipinski definition) is 2. The van der Waals surface area contributed by atoms with Crippen molar-refractivity contribution in [3.63, 3.8) is 0 Å². The van der Waals surface area contributed by atoms with Gasteiger partial charge in [-0.2, -0.15) is 0 Å². The maximum absolute atomic E-state index is 12.1. The zero-order chi connectivity index (χ0) is 9.14. The highest BCUT2D eigenvalue weighted by atomic mass is 35.5. The topological polar surface area (TPSA) is 33.1 Å². The van der Waals surface area contributed by atoms with Crippen LogP contribution >= 0.6 is 11.6 Å². The van der Waals surface area contributed by atoms with E-state index in [1.165, 1.54) is 0 Å². The van der Waals surface area contributed by atoms with Gasteiger partial charge in [0.25, 0.3) is 6.43 Å². The fraction of sp³-hybridized carbons (Fsp3) is 0.286. The normalized spacial score (nSPS) is 10.7. The average Bonchev–Trinajstić information content (AvgIpc) is 2.05. The highest BCUT2D eigenvalue weighted by Crippen LogP contribution is 2.27. The van der Waals surface area contributed by atoms with Crippen molar-refractivity contribution in [2.45, 2.75) is 12.3 Å². The van der Waals surface area contributed by atoms with Gasteiger partial charge in [0.1, 0.15) is 5.75 Å². The summed E-state index contributed by atoms with van der Waals surface area (Å²) in [5, 5.41) is 8.92. The molecule has 0 aliphatic carbocycles. The third kappa shape index (κ3) is 1.82. The van der Waals surface area contributed by atoms with E-state index in [0.717, 1.165) is 12.3 Å². The van der Waals surface area contributed by atoms with E-state index in [1.54, 1.807) is 0 Å². The number of pyridine rings is 1. The molecule has 2 nitrogen and oxygen atoms in total. The predicted molar refractivity (Wildman–Crippen MR) is 40.4 cm³/mol. The number of halogens is 3. The second-order valence-electron chi connectivity index (χ2n) is 2.17. The molecule has 12 heavy (non-hydrogen) atoms. The van der Waals surface area contributed by atoms with Gasteiger partial charge in [-0.25, -0.2) is 8.78 Å². The van der Waals surface area contributed by atoms with Gasteiger partial charge in [0.15, 0.2) is 0 Å². The Morgan fingerprint density at radius 1 is 1.58 bits per heavy atom. The summed E-state index contributed by atoms with van der Waals surface area (Å²) in [5.41, 5.74) is -0.106. The molecule has 1 aromatic rings. The minimum absolute atomic E-state index is 0.0556. The molecule has 5 heteroatoms. The Bertz CT molecular complexity index is 280. The monoisotopic (exact) mass is 193 g/mol. The lowest BCUT2D eigenvalue weighted by Gasteiger charge is -2.03. The van der Waals surface area contributed by atoms with Crippen LogP contribution in [0.5, 0.6) is 5.75 Å². The van der Waals surface area contributed by atoms with Crippen LogP contribution in [0.15, 0.2) is 12.3 Å². The van der Waals surface area contributed by atoms with Crippen molar-refractivity contribution in [1.82, 2.24) is 4.98 Å². The number of aromatic hydroxyl groups is 1. The largest absolute Gasteiger partial charge is 0.506 e. The molecule has 66 valence electrons. The number of hydrogen-bond donors (Lipinski definition) is 1. The minimum atomic E-state index is -2.70. The van der Waals surface area contributed by atoms with Crippen LogP contribution in [0.1, 0.15) is 17.7 Å². The third-order valence-electron chi connectivity index (χ3n) is 1.34. The Hall–Kier alpha value is -0.900. The van der Waals surface area contributed by atoms with E-state index < -0.39 is 17.7 Å². The number of alkyl halides is 3. The van der Waals surface area contributed by atoms with Crippen molar-refractivity contribution < 1.29 is 13.9 Å². The molecule has 0 fully saturated rings. The Labute approximate surface area is 72.8 Å². The Balaban J connectivity index is 3.08. The van der Waals surface area contributed by atoms with E-state index >= 15 is 0 Å². The van der Waals surface area contributed by atoms with Crippen LogP contribution < -0.4 is 0 Å². The molecular formula is C7H6ClF2NO. The fourth-order valence-corrected chi connectivity index (χ4v) is 0.903. The van der Waals surface area contributed by atoms with Gasteiger partial charge in [-0.15, -0.1) is 11.6 Å². The summed E-state index contributed by atoms with van der Waals surface area (Å²) in [6.45, 7) is 0. The zero-order valence-corrected chi connectivity index (χ0v) is 6.72. The number of aromatic nitrogens is 1. The molecule has 1 rings (SSSR count). The van der Waals surface area contributed by atoms with E-state index in [0.29, 0.717) is 5.69 Å². The first-order valence-electron chi connectivity index (χ1n) is 3.17.